The molecule has 23 heavy (non-hydrogen) atoms. The van der Waals surface area contributed by atoms with Gasteiger partial charge in [-0.3, -0.25) is 0 Å². The lowest BCUT2D eigenvalue weighted by Crippen LogP contribution is -2.46. The summed E-state index contributed by atoms with van der Waals surface area (Å²) in [5.41, 5.74) is 0.669. The van der Waals surface area contributed by atoms with E-state index in [9.17, 15) is 5.11 Å². The van der Waals surface area contributed by atoms with Gasteiger partial charge in [0.15, 0.2) is 0 Å². The zero-order chi connectivity index (χ0) is 17.9. The molecule has 0 amide bonds. The van der Waals surface area contributed by atoms with Gasteiger partial charge in [-0.05, 0) is 56.3 Å². The molecule has 0 unspecified atom stereocenters. The average Bonchev–Trinajstić information content (AvgIpc) is 2.28. The molecule has 1 saturated carbocycles. The highest BCUT2D eigenvalue weighted by Gasteiger charge is 2.33. The van der Waals surface area contributed by atoms with Gasteiger partial charge in [0.2, 0.25) is 0 Å². The number of aliphatic hydroxyl groups excluding tert-OH is 1. The molecular weight excluding hydrogens is 286 g/mol. The molecule has 0 bridgehead atoms. The first-order valence-corrected chi connectivity index (χ1v) is 9.33. The number of β-amino-alcohol motifs (C(OH)–C–C–N with tert-alkyl or cyclic N) is 1. The summed E-state index contributed by atoms with van der Waals surface area (Å²) in [6.45, 7) is 19.2. The molecule has 0 aromatic carbocycles. The van der Waals surface area contributed by atoms with Crippen LogP contribution >= 0.6 is 0 Å². The normalized spacial score (nSPS) is 27.0. The Morgan fingerprint density at radius 3 is 2.30 bits per heavy atom. The quantitative estimate of drug-likeness (QED) is 0.729. The molecule has 0 radical (unpaired) electrons. The molecule has 0 spiro atoms. The highest BCUT2D eigenvalue weighted by molar-refractivity contribution is 4.85. The second-order valence-corrected chi connectivity index (χ2v) is 10.5. The number of nitrogens with one attached hydrogen (secondary N) is 1. The van der Waals surface area contributed by atoms with E-state index in [0.29, 0.717) is 30.6 Å². The van der Waals surface area contributed by atoms with E-state index < -0.39 is 6.10 Å². The van der Waals surface area contributed by atoms with Crippen molar-refractivity contribution in [2.75, 3.05) is 13.2 Å². The van der Waals surface area contributed by atoms with Gasteiger partial charge in [-0.2, -0.15) is 0 Å². The molecule has 0 aliphatic heterocycles. The second kappa shape index (κ2) is 7.84. The third-order valence-electron chi connectivity index (χ3n) is 4.66. The maximum absolute atomic E-state index is 10.2. The van der Waals surface area contributed by atoms with Crippen LogP contribution in [0.15, 0.2) is 0 Å². The minimum absolute atomic E-state index is 0.0283. The lowest BCUT2D eigenvalue weighted by molar-refractivity contribution is -0.0561. The monoisotopic (exact) mass is 327 g/mol. The maximum Gasteiger partial charge on any atom is 0.0898 e. The van der Waals surface area contributed by atoms with Crippen molar-refractivity contribution in [1.29, 1.82) is 0 Å². The third-order valence-corrected chi connectivity index (χ3v) is 4.66. The molecule has 1 fully saturated rings. The Bertz CT molecular complexity index is 357. The summed E-state index contributed by atoms with van der Waals surface area (Å²) in [6.07, 6.45) is 4.44. The van der Waals surface area contributed by atoms with Crippen molar-refractivity contribution in [3.05, 3.63) is 0 Å². The third kappa shape index (κ3) is 9.07. The zero-order valence-electron chi connectivity index (χ0n) is 16.8. The molecule has 3 heteroatoms. The Labute approximate surface area is 144 Å². The van der Waals surface area contributed by atoms with Gasteiger partial charge in [-0.25, -0.2) is 0 Å². The Balaban J connectivity index is 2.33. The first-order chi connectivity index (χ1) is 10.3. The molecule has 1 aliphatic carbocycles. The van der Waals surface area contributed by atoms with Crippen LogP contribution in [0.5, 0.6) is 0 Å². The minimum Gasteiger partial charge on any atom is -0.389 e. The van der Waals surface area contributed by atoms with Crippen LogP contribution < -0.4 is 5.32 Å². The first kappa shape index (κ1) is 20.9. The minimum atomic E-state index is -0.436. The molecule has 0 heterocycles. The van der Waals surface area contributed by atoms with Crippen LogP contribution in [0, 0.1) is 16.7 Å². The van der Waals surface area contributed by atoms with Crippen LogP contribution in [0.2, 0.25) is 0 Å². The number of aliphatic hydroxyl groups is 1. The standard InChI is InChI=1S/C20H41NO2/c1-15-9-17(11-19(5,6)10-15)23-13-16(22)12-21-20(7,8)14-18(2,3)4/h15-17,21-22H,9-14H2,1-8H3/t15-,16-,17+/m1/s1. The van der Waals surface area contributed by atoms with E-state index in [1.165, 1.54) is 6.42 Å². The second-order valence-electron chi connectivity index (χ2n) is 10.5. The Morgan fingerprint density at radius 1 is 1.17 bits per heavy atom. The number of hydrogen-bond donors (Lipinski definition) is 2. The van der Waals surface area contributed by atoms with Gasteiger partial charge in [0, 0.05) is 12.1 Å². The fourth-order valence-electron chi connectivity index (χ4n) is 4.47. The van der Waals surface area contributed by atoms with Crippen LogP contribution in [-0.2, 0) is 4.74 Å². The van der Waals surface area contributed by atoms with Crippen molar-refractivity contribution < 1.29 is 9.84 Å². The molecule has 3 atom stereocenters. The largest absolute Gasteiger partial charge is 0.389 e. The van der Waals surface area contributed by atoms with Crippen molar-refractivity contribution in [3.63, 3.8) is 0 Å². The predicted molar refractivity (Wildman–Crippen MR) is 98.7 cm³/mol. The molecule has 138 valence electrons. The SMILES string of the molecule is C[C@@H]1C[C@H](OC[C@H](O)CNC(C)(C)CC(C)(C)C)CC(C)(C)C1. The van der Waals surface area contributed by atoms with Gasteiger partial charge in [0.05, 0.1) is 18.8 Å². The topological polar surface area (TPSA) is 41.5 Å². The van der Waals surface area contributed by atoms with E-state index in [2.05, 4.69) is 60.7 Å². The molecule has 2 N–H and O–H groups in total. The summed E-state index contributed by atoms with van der Waals surface area (Å²) < 4.78 is 6.03. The van der Waals surface area contributed by atoms with Gasteiger partial charge in [0.25, 0.3) is 0 Å². The smallest absolute Gasteiger partial charge is 0.0898 e. The van der Waals surface area contributed by atoms with Crippen molar-refractivity contribution >= 4 is 0 Å². The lowest BCUT2D eigenvalue weighted by Gasteiger charge is -2.39. The van der Waals surface area contributed by atoms with Crippen molar-refractivity contribution in [3.8, 4) is 0 Å². The molecule has 1 rings (SSSR count). The van der Waals surface area contributed by atoms with Gasteiger partial charge in [-0.1, -0.05) is 41.5 Å². The van der Waals surface area contributed by atoms with Crippen LogP contribution in [-0.4, -0.2) is 36.0 Å². The highest BCUT2D eigenvalue weighted by Crippen LogP contribution is 2.39. The summed E-state index contributed by atoms with van der Waals surface area (Å²) in [5, 5.41) is 13.7. The summed E-state index contributed by atoms with van der Waals surface area (Å²) in [7, 11) is 0. The Hall–Kier alpha value is -0.120. The Morgan fingerprint density at radius 2 is 1.78 bits per heavy atom. The fraction of sp³-hybridized carbons (Fsp3) is 1.00. The van der Waals surface area contributed by atoms with Gasteiger partial charge in [0.1, 0.15) is 0 Å². The summed E-state index contributed by atoms with van der Waals surface area (Å²) in [5.74, 6) is 0.713. The lowest BCUT2D eigenvalue weighted by atomic mass is 9.71. The van der Waals surface area contributed by atoms with Gasteiger partial charge < -0.3 is 15.2 Å². The van der Waals surface area contributed by atoms with E-state index in [1.54, 1.807) is 0 Å². The number of hydrogen-bond acceptors (Lipinski definition) is 3. The number of ether oxygens (including phenoxy) is 1. The van der Waals surface area contributed by atoms with Crippen LogP contribution in [0.3, 0.4) is 0 Å². The molecular formula is C20H41NO2. The van der Waals surface area contributed by atoms with Gasteiger partial charge >= 0.3 is 0 Å². The molecule has 0 saturated heterocycles. The van der Waals surface area contributed by atoms with E-state index in [1.807, 2.05) is 0 Å². The molecule has 1 aliphatic rings. The first-order valence-electron chi connectivity index (χ1n) is 9.33. The summed E-state index contributed by atoms with van der Waals surface area (Å²) in [6, 6.07) is 0. The van der Waals surface area contributed by atoms with E-state index in [-0.39, 0.29) is 11.0 Å². The maximum atomic E-state index is 10.2. The fourth-order valence-corrected chi connectivity index (χ4v) is 4.47. The van der Waals surface area contributed by atoms with E-state index in [0.717, 1.165) is 19.3 Å². The van der Waals surface area contributed by atoms with E-state index in [4.69, 9.17) is 4.74 Å². The van der Waals surface area contributed by atoms with E-state index >= 15 is 0 Å². The average molecular weight is 328 g/mol. The molecule has 0 aromatic heterocycles. The van der Waals surface area contributed by atoms with Gasteiger partial charge in [-0.15, -0.1) is 0 Å². The predicted octanol–water partition coefficient (Wildman–Crippen LogP) is 4.38. The Kier molecular flexibility index (Phi) is 7.13. The molecule has 3 nitrogen and oxygen atoms in total. The summed E-state index contributed by atoms with van der Waals surface area (Å²) in [4.78, 5) is 0. The van der Waals surface area contributed by atoms with Crippen LogP contribution in [0.25, 0.3) is 0 Å². The summed E-state index contributed by atoms with van der Waals surface area (Å²) >= 11 is 0. The number of rotatable bonds is 7. The molecule has 0 aromatic rings. The van der Waals surface area contributed by atoms with Crippen molar-refractivity contribution in [1.82, 2.24) is 5.32 Å². The van der Waals surface area contributed by atoms with Crippen LogP contribution in [0.4, 0.5) is 0 Å². The highest BCUT2D eigenvalue weighted by atomic mass is 16.5. The van der Waals surface area contributed by atoms with Crippen LogP contribution in [0.1, 0.15) is 81.1 Å². The van der Waals surface area contributed by atoms with Crippen molar-refractivity contribution in [2.24, 2.45) is 16.7 Å². The zero-order valence-corrected chi connectivity index (χ0v) is 16.8. The van der Waals surface area contributed by atoms with Crippen molar-refractivity contribution in [2.45, 2.75) is 98.8 Å².